The fourth-order valence-electron chi connectivity index (χ4n) is 3.02. The van der Waals surface area contributed by atoms with E-state index in [1.54, 1.807) is 17.8 Å². The molecular formula is C21H19N5O2. The van der Waals surface area contributed by atoms with Gasteiger partial charge in [0.1, 0.15) is 0 Å². The molecule has 0 spiro atoms. The molecule has 7 nitrogen and oxygen atoms in total. The third kappa shape index (κ3) is 3.55. The first-order chi connectivity index (χ1) is 13.6. The van der Waals surface area contributed by atoms with E-state index in [1.807, 2.05) is 61.5 Å². The van der Waals surface area contributed by atoms with Gasteiger partial charge in [-0.15, -0.1) is 0 Å². The summed E-state index contributed by atoms with van der Waals surface area (Å²) in [6.07, 6.45) is 2.03. The van der Waals surface area contributed by atoms with Gasteiger partial charge in [-0.2, -0.15) is 10.1 Å². The number of rotatable bonds is 5. The molecule has 0 saturated carbocycles. The van der Waals surface area contributed by atoms with Crippen molar-refractivity contribution >= 4 is 11.6 Å². The van der Waals surface area contributed by atoms with E-state index in [9.17, 15) is 4.79 Å². The van der Waals surface area contributed by atoms with Crippen molar-refractivity contribution < 1.29 is 9.32 Å². The molecule has 0 saturated heterocycles. The van der Waals surface area contributed by atoms with Gasteiger partial charge in [-0.05, 0) is 37.6 Å². The maximum Gasteiger partial charge on any atom is 0.259 e. The molecule has 1 amide bonds. The van der Waals surface area contributed by atoms with E-state index in [2.05, 4.69) is 20.6 Å². The number of anilines is 1. The van der Waals surface area contributed by atoms with Crippen LogP contribution >= 0.6 is 0 Å². The first-order valence-electron chi connectivity index (χ1n) is 8.90. The minimum Gasteiger partial charge on any atom is -0.339 e. The van der Waals surface area contributed by atoms with Gasteiger partial charge >= 0.3 is 0 Å². The summed E-state index contributed by atoms with van der Waals surface area (Å²) < 4.78 is 6.95. The zero-order chi connectivity index (χ0) is 19.5. The monoisotopic (exact) mass is 373 g/mol. The Morgan fingerprint density at radius 3 is 2.57 bits per heavy atom. The summed E-state index contributed by atoms with van der Waals surface area (Å²) in [6, 6.07) is 17.3. The third-order valence-corrected chi connectivity index (χ3v) is 4.43. The Bertz CT molecular complexity index is 1110. The van der Waals surface area contributed by atoms with Gasteiger partial charge in [-0.1, -0.05) is 41.6 Å². The topological polar surface area (TPSA) is 85.8 Å². The number of carbonyl (C=O) groups is 1. The Labute approximate surface area is 162 Å². The fraction of sp³-hybridized carbons (Fsp3) is 0.143. The van der Waals surface area contributed by atoms with Crippen molar-refractivity contribution in [3.8, 4) is 5.69 Å². The van der Waals surface area contributed by atoms with Crippen molar-refractivity contribution in [2.75, 3.05) is 5.32 Å². The summed E-state index contributed by atoms with van der Waals surface area (Å²) in [6.45, 7) is 3.65. The maximum absolute atomic E-state index is 12.9. The lowest BCUT2D eigenvalue weighted by Gasteiger charge is -2.10. The minimum atomic E-state index is -0.214. The molecule has 1 N–H and O–H groups in total. The van der Waals surface area contributed by atoms with Crippen LogP contribution in [-0.4, -0.2) is 25.8 Å². The van der Waals surface area contributed by atoms with Crippen molar-refractivity contribution in [1.82, 2.24) is 19.9 Å². The van der Waals surface area contributed by atoms with E-state index in [-0.39, 0.29) is 5.91 Å². The number of benzene rings is 2. The van der Waals surface area contributed by atoms with E-state index in [0.717, 1.165) is 16.9 Å². The van der Waals surface area contributed by atoms with Crippen LogP contribution in [0.4, 0.5) is 5.69 Å². The van der Waals surface area contributed by atoms with Gasteiger partial charge in [0.15, 0.2) is 5.82 Å². The minimum absolute atomic E-state index is 0.214. The molecular weight excluding hydrogens is 354 g/mol. The quantitative estimate of drug-likeness (QED) is 0.576. The molecule has 28 heavy (non-hydrogen) atoms. The predicted octanol–water partition coefficient (Wildman–Crippen LogP) is 3.72. The average Bonchev–Trinajstić information content (AvgIpc) is 3.29. The molecule has 140 valence electrons. The number of nitrogens with one attached hydrogen (secondary N) is 1. The second kappa shape index (κ2) is 7.48. The Balaban J connectivity index is 1.57. The highest BCUT2D eigenvalue weighted by molar-refractivity contribution is 6.05. The maximum atomic E-state index is 12.9. The molecule has 7 heteroatoms. The highest BCUT2D eigenvalue weighted by Crippen LogP contribution is 2.21. The second-order valence-electron chi connectivity index (χ2n) is 6.41. The number of hydrogen-bond acceptors (Lipinski definition) is 5. The second-order valence-corrected chi connectivity index (χ2v) is 6.41. The van der Waals surface area contributed by atoms with Crippen molar-refractivity contribution in [2.24, 2.45) is 0 Å². The third-order valence-electron chi connectivity index (χ3n) is 4.43. The Hall–Kier alpha value is -3.74. The molecule has 4 rings (SSSR count). The summed E-state index contributed by atoms with van der Waals surface area (Å²) >= 11 is 0. The Kier molecular flexibility index (Phi) is 4.72. The Morgan fingerprint density at radius 2 is 1.82 bits per heavy atom. The van der Waals surface area contributed by atoms with Gasteiger partial charge in [-0.3, -0.25) is 4.79 Å². The number of para-hydroxylation sites is 2. The van der Waals surface area contributed by atoms with Crippen molar-refractivity contribution in [1.29, 1.82) is 0 Å². The van der Waals surface area contributed by atoms with E-state index in [1.165, 1.54) is 0 Å². The number of hydrogen-bond donors (Lipinski definition) is 1. The number of carbonyl (C=O) groups excluding carboxylic acids is 1. The fourth-order valence-corrected chi connectivity index (χ4v) is 3.02. The summed E-state index contributed by atoms with van der Waals surface area (Å²) in [5, 5.41) is 11.2. The van der Waals surface area contributed by atoms with Crippen LogP contribution in [0, 0.1) is 13.8 Å². The van der Waals surface area contributed by atoms with Crippen LogP contribution in [0.1, 0.15) is 33.3 Å². The molecule has 0 fully saturated rings. The predicted molar refractivity (Wildman–Crippen MR) is 105 cm³/mol. The Morgan fingerprint density at radius 1 is 1.07 bits per heavy atom. The van der Waals surface area contributed by atoms with E-state index in [4.69, 9.17) is 4.52 Å². The van der Waals surface area contributed by atoms with Crippen LogP contribution in [0.25, 0.3) is 5.69 Å². The molecule has 0 unspecified atom stereocenters. The van der Waals surface area contributed by atoms with Crippen LogP contribution in [0.3, 0.4) is 0 Å². The molecule has 0 radical (unpaired) electrons. The summed E-state index contributed by atoms with van der Waals surface area (Å²) in [5.41, 5.74) is 3.80. The molecule has 0 atom stereocenters. The molecule has 0 aliphatic rings. The SMILES string of the molecule is Cc1noc(Cc2ccccc2NC(=O)c2cnn(-c3ccccc3)c2C)n1. The average molecular weight is 373 g/mol. The number of aryl methyl sites for hydroxylation is 1. The standard InChI is InChI=1S/C21H19N5O2/c1-14-18(13-22-26(14)17-9-4-3-5-10-17)21(27)24-19-11-7-6-8-16(19)12-20-23-15(2)25-28-20/h3-11,13H,12H2,1-2H3,(H,24,27). The zero-order valence-electron chi connectivity index (χ0n) is 15.6. The van der Waals surface area contributed by atoms with Gasteiger partial charge in [0.05, 0.1) is 29.6 Å². The van der Waals surface area contributed by atoms with Gasteiger partial charge in [-0.25, -0.2) is 4.68 Å². The lowest BCUT2D eigenvalue weighted by molar-refractivity contribution is 0.102. The van der Waals surface area contributed by atoms with Crippen molar-refractivity contribution in [2.45, 2.75) is 20.3 Å². The highest BCUT2D eigenvalue weighted by atomic mass is 16.5. The van der Waals surface area contributed by atoms with Crippen LogP contribution < -0.4 is 5.32 Å². The molecule has 0 aliphatic carbocycles. The van der Waals surface area contributed by atoms with Crippen LogP contribution in [0.5, 0.6) is 0 Å². The first-order valence-corrected chi connectivity index (χ1v) is 8.90. The lowest BCUT2D eigenvalue weighted by Crippen LogP contribution is -2.14. The van der Waals surface area contributed by atoms with Gasteiger partial charge in [0.2, 0.25) is 5.89 Å². The van der Waals surface area contributed by atoms with Crippen LogP contribution in [0.2, 0.25) is 0 Å². The summed E-state index contributed by atoms with van der Waals surface area (Å²) in [7, 11) is 0. The van der Waals surface area contributed by atoms with E-state index in [0.29, 0.717) is 29.4 Å². The number of amides is 1. The zero-order valence-corrected chi connectivity index (χ0v) is 15.6. The normalized spacial score (nSPS) is 10.8. The molecule has 0 bridgehead atoms. The van der Waals surface area contributed by atoms with Crippen molar-refractivity contribution in [3.63, 3.8) is 0 Å². The molecule has 2 aromatic carbocycles. The van der Waals surface area contributed by atoms with Gasteiger partial charge < -0.3 is 9.84 Å². The van der Waals surface area contributed by atoms with Crippen LogP contribution in [-0.2, 0) is 6.42 Å². The van der Waals surface area contributed by atoms with Gasteiger partial charge in [0.25, 0.3) is 5.91 Å². The number of nitrogens with zero attached hydrogens (tertiary/aromatic N) is 4. The lowest BCUT2D eigenvalue weighted by atomic mass is 10.1. The van der Waals surface area contributed by atoms with E-state index >= 15 is 0 Å². The molecule has 4 aromatic rings. The summed E-state index contributed by atoms with van der Waals surface area (Å²) in [5.74, 6) is 0.876. The highest BCUT2D eigenvalue weighted by Gasteiger charge is 2.17. The largest absolute Gasteiger partial charge is 0.339 e. The molecule has 2 heterocycles. The summed E-state index contributed by atoms with van der Waals surface area (Å²) in [4.78, 5) is 17.1. The van der Waals surface area contributed by atoms with Gasteiger partial charge in [0, 0.05) is 5.69 Å². The van der Waals surface area contributed by atoms with Crippen LogP contribution in [0.15, 0.2) is 65.3 Å². The molecule has 2 aromatic heterocycles. The smallest absolute Gasteiger partial charge is 0.259 e. The van der Waals surface area contributed by atoms with E-state index < -0.39 is 0 Å². The first kappa shape index (κ1) is 17.7. The molecule has 0 aliphatic heterocycles. The van der Waals surface area contributed by atoms with Crippen molar-refractivity contribution in [3.05, 3.63) is 89.3 Å². The number of aromatic nitrogens is 4.